The quantitative estimate of drug-likeness (QED) is 0.706. The first kappa shape index (κ1) is 17.0. The fourth-order valence-corrected chi connectivity index (χ4v) is 2.29. The van der Waals surface area contributed by atoms with Crippen LogP contribution in [-0.4, -0.2) is 17.4 Å². The second-order valence-corrected chi connectivity index (χ2v) is 5.57. The lowest BCUT2D eigenvalue weighted by atomic mass is 10.1. The van der Waals surface area contributed by atoms with E-state index in [0.717, 1.165) is 30.8 Å². The van der Waals surface area contributed by atoms with Gasteiger partial charge in [0.25, 0.3) is 5.91 Å². The summed E-state index contributed by atoms with van der Waals surface area (Å²) in [6, 6.07) is 11.6. The number of hydrogen-bond donors (Lipinski definition) is 2. The van der Waals surface area contributed by atoms with Gasteiger partial charge in [0.1, 0.15) is 5.69 Å². The van der Waals surface area contributed by atoms with Gasteiger partial charge >= 0.3 is 0 Å². The normalized spacial score (nSPS) is 10.3. The third kappa shape index (κ3) is 5.40. The number of carbonyl (C=O) groups is 1. The summed E-state index contributed by atoms with van der Waals surface area (Å²) in [5.41, 5.74) is 3.39. The number of pyridine rings is 1. The fraction of sp³-hybridized carbons (Fsp3) is 0.368. The summed E-state index contributed by atoms with van der Waals surface area (Å²) in [4.78, 5) is 16.5. The van der Waals surface area contributed by atoms with Crippen molar-refractivity contribution in [2.75, 3.05) is 17.2 Å². The highest BCUT2D eigenvalue weighted by Crippen LogP contribution is 2.13. The Morgan fingerprint density at radius 2 is 1.83 bits per heavy atom. The molecule has 0 aliphatic carbocycles. The number of carbonyl (C=O) groups excluding carboxylic acids is 1. The SMILES string of the molecule is CCCCCNc1ccnc(C(=O)Nc2ccc(CC)cc2)c1. The zero-order valence-corrected chi connectivity index (χ0v) is 13.9. The molecule has 0 fully saturated rings. The number of benzene rings is 1. The minimum Gasteiger partial charge on any atom is -0.385 e. The van der Waals surface area contributed by atoms with Crippen LogP contribution < -0.4 is 10.6 Å². The molecule has 2 aromatic rings. The molecule has 23 heavy (non-hydrogen) atoms. The van der Waals surface area contributed by atoms with E-state index in [4.69, 9.17) is 0 Å². The highest BCUT2D eigenvalue weighted by atomic mass is 16.1. The molecule has 2 N–H and O–H groups in total. The Bertz CT molecular complexity index is 623. The van der Waals surface area contributed by atoms with E-state index in [1.165, 1.54) is 18.4 Å². The molecule has 0 aliphatic heterocycles. The summed E-state index contributed by atoms with van der Waals surface area (Å²) in [6.45, 7) is 5.20. The minimum absolute atomic E-state index is 0.188. The van der Waals surface area contributed by atoms with Crippen LogP contribution in [0.3, 0.4) is 0 Å². The first-order valence-electron chi connectivity index (χ1n) is 8.33. The van der Waals surface area contributed by atoms with Crippen molar-refractivity contribution >= 4 is 17.3 Å². The van der Waals surface area contributed by atoms with Gasteiger partial charge in [0.2, 0.25) is 0 Å². The average Bonchev–Trinajstić information content (AvgIpc) is 2.60. The molecule has 1 amide bonds. The van der Waals surface area contributed by atoms with Crippen LogP contribution in [0.1, 0.15) is 49.2 Å². The lowest BCUT2D eigenvalue weighted by Gasteiger charge is -2.08. The number of unbranched alkanes of at least 4 members (excludes halogenated alkanes) is 2. The molecular weight excluding hydrogens is 286 g/mol. The number of amides is 1. The number of hydrogen-bond acceptors (Lipinski definition) is 3. The summed E-state index contributed by atoms with van der Waals surface area (Å²) < 4.78 is 0. The van der Waals surface area contributed by atoms with Gasteiger partial charge in [-0.1, -0.05) is 38.8 Å². The van der Waals surface area contributed by atoms with E-state index >= 15 is 0 Å². The third-order valence-electron chi connectivity index (χ3n) is 3.72. The summed E-state index contributed by atoms with van der Waals surface area (Å²) in [6.07, 6.45) is 6.19. The Morgan fingerprint density at radius 3 is 2.52 bits per heavy atom. The standard InChI is InChI=1S/C19H25N3O/c1-3-5-6-12-20-17-11-13-21-18(14-17)19(23)22-16-9-7-15(4-2)8-10-16/h7-11,13-14H,3-6,12H2,1-2H3,(H,20,21)(H,22,23). The molecule has 4 nitrogen and oxygen atoms in total. The molecule has 0 aliphatic rings. The summed E-state index contributed by atoms with van der Waals surface area (Å²) in [5.74, 6) is -0.188. The molecule has 122 valence electrons. The van der Waals surface area contributed by atoms with Gasteiger partial charge in [-0.3, -0.25) is 9.78 Å². The van der Waals surface area contributed by atoms with Crippen LogP contribution in [0.15, 0.2) is 42.6 Å². The molecule has 1 heterocycles. The first-order chi connectivity index (χ1) is 11.2. The maximum atomic E-state index is 12.3. The van der Waals surface area contributed by atoms with Crippen molar-refractivity contribution in [2.24, 2.45) is 0 Å². The predicted octanol–water partition coefficient (Wildman–Crippen LogP) is 4.50. The molecule has 0 saturated carbocycles. The number of nitrogens with one attached hydrogen (secondary N) is 2. The van der Waals surface area contributed by atoms with Crippen LogP contribution in [0.5, 0.6) is 0 Å². The lowest BCUT2D eigenvalue weighted by molar-refractivity contribution is 0.102. The van der Waals surface area contributed by atoms with Crippen LogP contribution in [-0.2, 0) is 6.42 Å². The van der Waals surface area contributed by atoms with E-state index in [1.54, 1.807) is 12.3 Å². The number of rotatable bonds is 8. The topological polar surface area (TPSA) is 54.0 Å². The Labute approximate surface area is 138 Å². The maximum absolute atomic E-state index is 12.3. The van der Waals surface area contributed by atoms with E-state index in [0.29, 0.717) is 5.69 Å². The van der Waals surface area contributed by atoms with Gasteiger partial charge in [-0.25, -0.2) is 0 Å². The summed E-state index contributed by atoms with van der Waals surface area (Å²) in [7, 11) is 0. The van der Waals surface area contributed by atoms with Crippen molar-refractivity contribution < 1.29 is 4.79 Å². The van der Waals surface area contributed by atoms with Gasteiger partial charge in [-0.05, 0) is 42.7 Å². The molecule has 2 rings (SSSR count). The molecule has 0 radical (unpaired) electrons. The highest BCUT2D eigenvalue weighted by molar-refractivity contribution is 6.03. The fourth-order valence-electron chi connectivity index (χ4n) is 2.29. The van der Waals surface area contributed by atoms with Gasteiger partial charge in [0, 0.05) is 24.1 Å². The molecular formula is C19H25N3O. The summed E-state index contributed by atoms with van der Waals surface area (Å²) in [5, 5.41) is 6.22. The molecule has 0 saturated heterocycles. The van der Waals surface area contributed by atoms with Crippen LogP contribution in [0.25, 0.3) is 0 Å². The van der Waals surface area contributed by atoms with Gasteiger partial charge in [0.15, 0.2) is 0 Å². The largest absolute Gasteiger partial charge is 0.385 e. The zero-order valence-electron chi connectivity index (χ0n) is 13.9. The summed E-state index contributed by atoms with van der Waals surface area (Å²) >= 11 is 0. The Morgan fingerprint density at radius 1 is 1.04 bits per heavy atom. The first-order valence-corrected chi connectivity index (χ1v) is 8.33. The third-order valence-corrected chi connectivity index (χ3v) is 3.72. The number of aryl methyl sites for hydroxylation is 1. The lowest BCUT2D eigenvalue weighted by Crippen LogP contribution is -2.14. The van der Waals surface area contributed by atoms with Crippen LogP contribution in [0.2, 0.25) is 0 Å². The van der Waals surface area contributed by atoms with Crippen molar-refractivity contribution in [2.45, 2.75) is 39.5 Å². The van der Waals surface area contributed by atoms with Crippen molar-refractivity contribution in [1.82, 2.24) is 4.98 Å². The van der Waals surface area contributed by atoms with Gasteiger partial charge in [-0.15, -0.1) is 0 Å². The molecule has 0 bridgehead atoms. The molecule has 1 aromatic carbocycles. The van der Waals surface area contributed by atoms with Crippen molar-refractivity contribution in [3.8, 4) is 0 Å². The van der Waals surface area contributed by atoms with Crippen molar-refractivity contribution in [3.05, 3.63) is 53.9 Å². The van der Waals surface area contributed by atoms with Gasteiger partial charge in [-0.2, -0.15) is 0 Å². The second-order valence-electron chi connectivity index (χ2n) is 5.57. The number of anilines is 2. The zero-order chi connectivity index (χ0) is 16.5. The van der Waals surface area contributed by atoms with E-state index in [-0.39, 0.29) is 5.91 Å². The monoisotopic (exact) mass is 311 g/mol. The Balaban J connectivity index is 1.95. The van der Waals surface area contributed by atoms with E-state index in [9.17, 15) is 4.79 Å². The number of aromatic nitrogens is 1. The van der Waals surface area contributed by atoms with Crippen molar-refractivity contribution in [3.63, 3.8) is 0 Å². The minimum atomic E-state index is -0.188. The van der Waals surface area contributed by atoms with Crippen LogP contribution in [0.4, 0.5) is 11.4 Å². The van der Waals surface area contributed by atoms with Crippen molar-refractivity contribution in [1.29, 1.82) is 0 Å². The second kappa shape index (κ2) is 8.93. The van der Waals surface area contributed by atoms with E-state index in [2.05, 4.69) is 29.5 Å². The van der Waals surface area contributed by atoms with Gasteiger partial charge < -0.3 is 10.6 Å². The predicted molar refractivity (Wildman–Crippen MR) is 96.0 cm³/mol. The van der Waals surface area contributed by atoms with E-state index < -0.39 is 0 Å². The Kier molecular flexibility index (Phi) is 6.60. The Hall–Kier alpha value is -2.36. The number of nitrogens with zero attached hydrogens (tertiary/aromatic N) is 1. The van der Waals surface area contributed by atoms with Gasteiger partial charge in [0.05, 0.1) is 0 Å². The average molecular weight is 311 g/mol. The maximum Gasteiger partial charge on any atom is 0.274 e. The van der Waals surface area contributed by atoms with Crippen LogP contribution in [0, 0.1) is 0 Å². The van der Waals surface area contributed by atoms with E-state index in [1.807, 2.05) is 30.3 Å². The molecule has 0 unspecified atom stereocenters. The molecule has 4 heteroatoms. The molecule has 1 aromatic heterocycles. The molecule has 0 spiro atoms. The smallest absolute Gasteiger partial charge is 0.274 e. The van der Waals surface area contributed by atoms with Crippen LogP contribution >= 0.6 is 0 Å². The molecule has 0 atom stereocenters. The highest BCUT2D eigenvalue weighted by Gasteiger charge is 2.08.